The zero-order valence-electron chi connectivity index (χ0n) is 12.1. The number of hydrogen-bond donors (Lipinski definition) is 3. The minimum absolute atomic E-state index is 0.0623. The van der Waals surface area contributed by atoms with E-state index in [4.69, 9.17) is 35.4 Å². The number of carbonyl (C=O) groups excluding carboxylic acids is 1. The molecule has 3 N–H and O–H groups in total. The van der Waals surface area contributed by atoms with Crippen LogP contribution in [0.3, 0.4) is 0 Å². The summed E-state index contributed by atoms with van der Waals surface area (Å²) in [4.78, 5) is 11.9. The van der Waals surface area contributed by atoms with Gasteiger partial charge in [0.15, 0.2) is 5.11 Å². The number of benzene rings is 2. The SMILES string of the molecule is O=C(Cc1c(Cl)cccc1Cl)NNC(=S)NCc1ccccc1. The Kier molecular flexibility index (Phi) is 6.65. The molecule has 0 bridgehead atoms. The minimum Gasteiger partial charge on any atom is -0.357 e. The largest absolute Gasteiger partial charge is 0.357 e. The van der Waals surface area contributed by atoms with Gasteiger partial charge in [0.1, 0.15) is 0 Å². The summed E-state index contributed by atoms with van der Waals surface area (Å²) >= 11 is 17.2. The lowest BCUT2D eigenvalue weighted by Crippen LogP contribution is -2.47. The van der Waals surface area contributed by atoms with Crippen molar-refractivity contribution in [2.24, 2.45) is 0 Å². The average Bonchev–Trinajstić information content (AvgIpc) is 2.55. The van der Waals surface area contributed by atoms with Crippen molar-refractivity contribution in [3.05, 3.63) is 69.7 Å². The highest BCUT2D eigenvalue weighted by Crippen LogP contribution is 2.24. The number of nitrogens with one attached hydrogen (secondary N) is 3. The van der Waals surface area contributed by atoms with E-state index in [0.29, 0.717) is 27.3 Å². The molecule has 0 spiro atoms. The molecular weight excluding hydrogens is 353 g/mol. The van der Waals surface area contributed by atoms with Crippen LogP contribution >= 0.6 is 35.4 Å². The van der Waals surface area contributed by atoms with Crippen molar-refractivity contribution in [1.29, 1.82) is 0 Å². The molecular formula is C16H15Cl2N3OS. The van der Waals surface area contributed by atoms with Crippen LogP contribution in [0.15, 0.2) is 48.5 Å². The van der Waals surface area contributed by atoms with E-state index in [-0.39, 0.29) is 12.3 Å². The predicted molar refractivity (Wildman–Crippen MR) is 97.3 cm³/mol. The number of hydrogen-bond acceptors (Lipinski definition) is 2. The predicted octanol–water partition coefficient (Wildman–Crippen LogP) is 3.23. The molecule has 0 heterocycles. The van der Waals surface area contributed by atoms with Gasteiger partial charge >= 0.3 is 0 Å². The Labute approximate surface area is 150 Å². The van der Waals surface area contributed by atoms with Crippen LogP contribution in [0.2, 0.25) is 10.0 Å². The topological polar surface area (TPSA) is 53.2 Å². The third kappa shape index (κ3) is 5.71. The van der Waals surface area contributed by atoms with Gasteiger partial charge in [-0.05, 0) is 35.5 Å². The van der Waals surface area contributed by atoms with Gasteiger partial charge in [-0.15, -0.1) is 0 Å². The van der Waals surface area contributed by atoms with Crippen LogP contribution in [0.5, 0.6) is 0 Å². The van der Waals surface area contributed by atoms with E-state index < -0.39 is 0 Å². The van der Waals surface area contributed by atoms with Gasteiger partial charge < -0.3 is 5.32 Å². The first-order chi connectivity index (χ1) is 11.1. The molecule has 0 atom stereocenters. The molecule has 0 saturated carbocycles. The van der Waals surface area contributed by atoms with Crippen LogP contribution in [-0.2, 0) is 17.8 Å². The Morgan fingerprint density at radius 3 is 2.26 bits per heavy atom. The third-order valence-corrected chi connectivity index (χ3v) is 3.96. The highest BCUT2D eigenvalue weighted by molar-refractivity contribution is 7.80. The molecule has 0 radical (unpaired) electrons. The monoisotopic (exact) mass is 367 g/mol. The molecule has 2 aromatic carbocycles. The van der Waals surface area contributed by atoms with Gasteiger partial charge in [0.25, 0.3) is 0 Å². The molecule has 7 heteroatoms. The highest BCUT2D eigenvalue weighted by Gasteiger charge is 2.10. The summed E-state index contributed by atoms with van der Waals surface area (Å²) in [5.41, 5.74) is 6.83. The zero-order valence-corrected chi connectivity index (χ0v) is 14.4. The maximum Gasteiger partial charge on any atom is 0.242 e. The normalized spacial score (nSPS) is 10.0. The number of hydrazine groups is 1. The maximum absolute atomic E-state index is 11.9. The summed E-state index contributed by atoms with van der Waals surface area (Å²) in [5.74, 6) is -0.288. The molecule has 2 aromatic rings. The molecule has 0 aromatic heterocycles. The first-order valence-corrected chi connectivity index (χ1v) is 8.02. The van der Waals surface area contributed by atoms with Crippen LogP contribution in [-0.4, -0.2) is 11.0 Å². The first kappa shape index (κ1) is 17.5. The second kappa shape index (κ2) is 8.72. The molecule has 0 fully saturated rings. The molecule has 0 aliphatic rings. The fourth-order valence-electron chi connectivity index (χ4n) is 1.85. The lowest BCUT2D eigenvalue weighted by molar-refractivity contribution is -0.121. The lowest BCUT2D eigenvalue weighted by Gasteiger charge is -2.12. The van der Waals surface area contributed by atoms with E-state index in [2.05, 4.69) is 16.2 Å². The summed E-state index contributed by atoms with van der Waals surface area (Å²) in [7, 11) is 0. The standard InChI is InChI=1S/C16H15Cl2N3OS/c17-13-7-4-8-14(18)12(13)9-15(22)20-21-16(23)19-10-11-5-2-1-3-6-11/h1-8H,9-10H2,(H,20,22)(H2,19,21,23). The molecule has 0 aliphatic carbocycles. The number of carbonyl (C=O) groups is 1. The van der Waals surface area contributed by atoms with E-state index >= 15 is 0 Å². The fourth-order valence-corrected chi connectivity index (χ4v) is 2.51. The second-order valence-corrected chi connectivity index (χ2v) is 5.94. The van der Waals surface area contributed by atoms with E-state index in [1.54, 1.807) is 18.2 Å². The van der Waals surface area contributed by atoms with E-state index in [1.807, 2.05) is 30.3 Å². The van der Waals surface area contributed by atoms with Crippen LogP contribution in [0.25, 0.3) is 0 Å². The van der Waals surface area contributed by atoms with Gasteiger partial charge in [-0.3, -0.25) is 15.6 Å². The Balaban J connectivity index is 1.77. The van der Waals surface area contributed by atoms with E-state index in [1.165, 1.54) is 0 Å². The van der Waals surface area contributed by atoms with Crippen molar-refractivity contribution < 1.29 is 4.79 Å². The van der Waals surface area contributed by atoms with Crippen molar-refractivity contribution >= 4 is 46.4 Å². The smallest absolute Gasteiger partial charge is 0.242 e. The third-order valence-electron chi connectivity index (χ3n) is 3.01. The molecule has 4 nitrogen and oxygen atoms in total. The molecule has 0 saturated heterocycles. The molecule has 23 heavy (non-hydrogen) atoms. The van der Waals surface area contributed by atoms with Crippen molar-refractivity contribution in [3.63, 3.8) is 0 Å². The van der Waals surface area contributed by atoms with Gasteiger partial charge in [0.05, 0.1) is 6.42 Å². The number of rotatable bonds is 4. The van der Waals surface area contributed by atoms with Crippen molar-refractivity contribution in [3.8, 4) is 0 Å². The Morgan fingerprint density at radius 1 is 0.957 bits per heavy atom. The Bertz CT molecular complexity index is 675. The summed E-state index contributed by atoms with van der Waals surface area (Å²) in [6.07, 6.45) is 0.0623. The van der Waals surface area contributed by atoms with Gasteiger partial charge in [-0.1, -0.05) is 59.6 Å². The fraction of sp³-hybridized carbons (Fsp3) is 0.125. The summed E-state index contributed by atoms with van der Waals surface area (Å²) in [5, 5.41) is 4.23. The van der Waals surface area contributed by atoms with Crippen LogP contribution in [0.1, 0.15) is 11.1 Å². The lowest BCUT2D eigenvalue weighted by atomic mass is 10.1. The summed E-state index contributed by atoms with van der Waals surface area (Å²) < 4.78 is 0. The van der Waals surface area contributed by atoms with Crippen LogP contribution in [0, 0.1) is 0 Å². The van der Waals surface area contributed by atoms with E-state index in [9.17, 15) is 4.79 Å². The van der Waals surface area contributed by atoms with Crippen LogP contribution in [0.4, 0.5) is 0 Å². The average molecular weight is 368 g/mol. The van der Waals surface area contributed by atoms with Gasteiger partial charge in [-0.25, -0.2) is 0 Å². The summed E-state index contributed by atoms with van der Waals surface area (Å²) in [6, 6.07) is 14.9. The Hall–Kier alpha value is -1.82. The molecule has 0 aliphatic heterocycles. The summed E-state index contributed by atoms with van der Waals surface area (Å²) in [6.45, 7) is 0.568. The minimum atomic E-state index is -0.288. The zero-order chi connectivity index (χ0) is 16.7. The molecule has 120 valence electrons. The van der Waals surface area contributed by atoms with Crippen LogP contribution < -0.4 is 16.2 Å². The number of amides is 1. The van der Waals surface area contributed by atoms with Gasteiger partial charge in [0.2, 0.25) is 5.91 Å². The molecule has 0 unspecified atom stereocenters. The quantitative estimate of drug-likeness (QED) is 0.573. The second-order valence-electron chi connectivity index (χ2n) is 4.72. The van der Waals surface area contributed by atoms with Crippen molar-refractivity contribution in [1.82, 2.24) is 16.2 Å². The Morgan fingerprint density at radius 2 is 1.61 bits per heavy atom. The van der Waals surface area contributed by atoms with Crippen molar-refractivity contribution in [2.45, 2.75) is 13.0 Å². The molecule has 1 amide bonds. The van der Waals surface area contributed by atoms with Gasteiger partial charge in [0, 0.05) is 16.6 Å². The van der Waals surface area contributed by atoms with E-state index in [0.717, 1.165) is 5.56 Å². The number of thiocarbonyl (C=S) groups is 1. The highest BCUT2D eigenvalue weighted by atomic mass is 35.5. The van der Waals surface area contributed by atoms with Crippen molar-refractivity contribution in [2.75, 3.05) is 0 Å². The maximum atomic E-state index is 11.9. The number of halogens is 2. The molecule has 2 rings (SSSR count). The first-order valence-electron chi connectivity index (χ1n) is 6.86. The van der Waals surface area contributed by atoms with Gasteiger partial charge in [-0.2, -0.15) is 0 Å².